The Bertz CT molecular complexity index is 804. The van der Waals surface area contributed by atoms with Crippen molar-refractivity contribution < 1.29 is 22.7 Å². The van der Waals surface area contributed by atoms with E-state index in [2.05, 4.69) is 10.6 Å². The van der Waals surface area contributed by atoms with Gasteiger partial charge in [0.15, 0.2) is 0 Å². The Morgan fingerprint density at radius 1 is 1.23 bits per heavy atom. The van der Waals surface area contributed by atoms with Crippen molar-refractivity contribution in [1.82, 2.24) is 14.9 Å². The van der Waals surface area contributed by atoms with Gasteiger partial charge in [0.2, 0.25) is 15.9 Å². The van der Waals surface area contributed by atoms with Crippen molar-refractivity contribution in [3.05, 3.63) is 28.8 Å². The predicted octanol–water partition coefficient (Wildman–Crippen LogP) is 0.369. The minimum absolute atomic E-state index is 0.0141. The molecule has 2 N–H and O–H groups in total. The average molecular weight is 402 g/mol. The highest BCUT2D eigenvalue weighted by Gasteiger charge is 2.28. The van der Waals surface area contributed by atoms with Crippen LogP contribution in [0.5, 0.6) is 0 Å². The second-order valence-electron chi connectivity index (χ2n) is 6.18. The third kappa shape index (κ3) is 4.53. The summed E-state index contributed by atoms with van der Waals surface area (Å²) >= 11 is 6.05. The number of carbonyl (C=O) groups is 2. The molecule has 0 spiro atoms. The van der Waals surface area contributed by atoms with E-state index >= 15 is 0 Å². The number of morpholine rings is 1. The van der Waals surface area contributed by atoms with Gasteiger partial charge in [-0.15, -0.1) is 0 Å². The van der Waals surface area contributed by atoms with Gasteiger partial charge < -0.3 is 15.4 Å². The highest BCUT2D eigenvalue weighted by Crippen LogP contribution is 2.23. The molecule has 0 unspecified atom stereocenters. The minimum atomic E-state index is -3.74. The van der Waals surface area contributed by atoms with Crippen molar-refractivity contribution in [3.8, 4) is 0 Å². The SMILES string of the molecule is O=C(CNC(=O)c1cc(S(=O)(=O)N2CCOCC2)ccc1Cl)NC1CC1. The van der Waals surface area contributed by atoms with Crippen LogP contribution in [-0.2, 0) is 19.6 Å². The van der Waals surface area contributed by atoms with Crippen molar-refractivity contribution in [2.75, 3.05) is 32.8 Å². The summed E-state index contributed by atoms with van der Waals surface area (Å²) in [5.41, 5.74) is 0.0141. The van der Waals surface area contributed by atoms with Gasteiger partial charge in [-0.3, -0.25) is 9.59 Å². The lowest BCUT2D eigenvalue weighted by atomic mass is 10.2. The monoisotopic (exact) mass is 401 g/mol. The molecule has 1 aliphatic carbocycles. The van der Waals surface area contributed by atoms with Crippen molar-refractivity contribution in [2.24, 2.45) is 0 Å². The van der Waals surface area contributed by atoms with E-state index in [-0.39, 0.29) is 47.1 Å². The average Bonchev–Trinajstić information content (AvgIpc) is 3.44. The maximum absolute atomic E-state index is 12.7. The van der Waals surface area contributed by atoms with Gasteiger partial charge in [-0.1, -0.05) is 11.6 Å². The first-order valence-corrected chi connectivity index (χ1v) is 10.1. The van der Waals surface area contributed by atoms with E-state index in [4.69, 9.17) is 16.3 Å². The topological polar surface area (TPSA) is 105 Å². The van der Waals surface area contributed by atoms with Gasteiger partial charge in [0, 0.05) is 19.1 Å². The fourth-order valence-electron chi connectivity index (χ4n) is 2.54. The molecule has 1 aromatic rings. The number of benzene rings is 1. The summed E-state index contributed by atoms with van der Waals surface area (Å²) in [5, 5.41) is 5.34. The summed E-state index contributed by atoms with van der Waals surface area (Å²) < 4.78 is 31.9. The summed E-state index contributed by atoms with van der Waals surface area (Å²) in [7, 11) is -3.74. The van der Waals surface area contributed by atoms with Crippen LogP contribution in [0.15, 0.2) is 23.1 Å². The van der Waals surface area contributed by atoms with Crippen molar-refractivity contribution in [1.29, 1.82) is 0 Å². The van der Waals surface area contributed by atoms with E-state index in [1.54, 1.807) is 0 Å². The van der Waals surface area contributed by atoms with Crippen LogP contribution in [0.3, 0.4) is 0 Å². The Kier molecular flexibility index (Phi) is 5.81. The third-order valence-electron chi connectivity index (χ3n) is 4.14. The molecule has 3 rings (SSSR count). The molecule has 1 saturated heterocycles. The Balaban J connectivity index is 1.71. The van der Waals surface area contributed by atoms with Gasteiger partial charge in [0.1, 0.15) is 0 Å². The number of sulfonamides is 1. The van der Waals surface area contributed by atoms with E-state index in [1.807, 2.05) is 0 Å². The fourth-order valence-corrected chi connectivity index (χ4v) is 4.18. The molecule has 0 radical (unpaired) electrons. The Morgan fingerprint density at radius 3 is 2.58 bits per heavy atom. The Hall–Kier alpha value is -1.68. The van der Waals surface area contributed by atoms with E-state index < -0.39 is 15.9 Å². The van der Waals surface area contributed by atoms with E-state index in [0.717, 1.165) is 12.8 Å². The first-order valence-electron chi connectivity index (χ1n) is 8.33. The van der Waals surface area contributed by atoms with Crippen molar-refractivity contribution in [3.63, 3.8) is 0 Å². The predicted molar refractivity (Wildman–Crippen MR) is 94.5 cm³/mol. The number of amides is 2. The smallest absolute Gasteiger partial charge is 0.253 e. The second-order valence-corrected chi connectivity index (χ2v) is 8.53. The molecule has 142 valence electrons. The van der Waals surface area contributed by atoms with E-state index in [9.17, 15) is 18.0 Å². The number of nitrogens with one attached hydrogen (secondary N) is 2. The molecular weight excluding hydrogens is 382 g/mol. The van der Waals surface area contributed by atoms with Crippen LogP contribution in [-0.4, -0.2) is 63.4 Å². The quantitative estimate of drug-likeness (QED) is 0.716. The van der Waals surface area contributed by atoms with Gasteiger partial charge in [-0.2, -0.15) is 4.31 Å². The molecule has 0 bridgehead atoms. The minimum Gasteiger partial charge on any atom is -0.379 e. The molecule has 0 aromatic heterocycles. The number of ether oxygens (including phenoxy) is 1. The summed E-state index contributed by atoms with van der Waals surface area (Å²) in [5.74, 6) is -0.881. The van der Waals surface area contributed by atoms with Crippen molar-refractivity contribution >= 4 is 33.4 Å². The zero-order chi connectivity index (χ0) is 18.7. The molecule has 1 aliphatic heterocycles. The number of hydrogen-bond donors (Lipinski definition) is 2. The summed E-state index contributed by atoms with van der Waals surface area (Å²) in [6, 6.07) is 4.17. The normalized spacial score (nSPS) is 18.3. The zero-order valence-electron chi connectivity index (χ0n) is 14.0. The number of halogens is 1. The fraction of sp³-hybridized carbons (Fsp3) is 0.500. The van der Waals surface area contributed by atoms with Gasteiger partial charge in [0.25, 0.3) is 5.91 Å². The highest BCUT2D eigenvalue weighted by atomic mass is 35.5. The number of hydrogen-bond acceptors (Lipinski definition) is 5. The molecule has 1 saturated carbocycles. The maximum Gasteiger partial charge on any atom is 0.253 e. The molecule has 2 aliphatic rings. The second kappa shape index (κ2) is 7.91. The first-order chi connectivity index (χ1) is 12.4. The maximum atomic E-state index is 12.7. The Morgan fingerprint density at radius 2 is 1.92 bits per heavy atom. The van der Waals surface area contributed by atoms with Gasteiger partial charge in [0.05, 0.1) is 35.2 Å². The lowest BCUT2D eigenvalue weighted by Crippen LogP contribution is -2.40. The highest BCUT2D eigenvalue weighted by molar-refractivity contribution is 7.89. The molecule has 1 heterocycles. The van der Waals surface area contributed by atoms with Gasteiger partial charge >= 0.3 is 0 Å². The first kappa shape index (κ1) is 19.1. The molecule has 2 amide bonds. The molecular formula is C16H20ClN3O5S. The Labute approximate surface area is 156 Å². The lowest BCUT2D eigenvalue weighted by molar-refractivity contribution is -0.120. The van der Waals surface area contributed by atoms with E-state index in [0.29, 0.717) is 13.2 Å². The van der Waals surface area contributed by atoms with Crippen LogP contribution in [0.4, 0.5) is 0 Å². The van der Waals surface area contributed by atoms with E-state index in [1.165, 1.54) is 22.5 Å². The molecule has 26 heavy (non-hydrogen) atoms. The number of nitrogens with zero attached hydrogens (tertiary/aromatic N) is 1. The standard InChI is InChI=1S/C16H20ClN3O5S/c17-14-4-3-12(26(23,24)20-5-7-25-8-6-20)9-13(14)16(22)18-10-15(21)19-11-1-2-11/h3-4,9,11H,1-2,5-8,10H2,(H,18,22)(H,19,21). The van der Waals surface area contributed by atoms with Crippen LogP contribution >= 0.6 is 11.6 Å². The summed E-state index contributed by atoms with van der Waals surface area (Å²) in [6.07, 6.45) is 1.90. The van der Waals surface area contributed by atoms with Crippen LogP contribution in [0, 0.1) is 0 Å². The van der Waals surface area contributed by atoms with Crippen LogP contribution in [0.25, 0.3) is 0 Å². The van der Waals surface area contributed by atoms with Crippen LogP contribution < -0.4 is 10.6 Å². The third-order valence-corrected chi connectivity index (χ3v) is 6.37. The lowest BCUT2D eigenvalue weighted by Gasteiger charge is -2.26. The molecule has 2 fully saturated rings. The van der Waals surface area contributed by atoms with Gasteiger partial charge in [-0.25, -0.2) is 8.42 Å². The molecule has 1 aromatic carbocycles. The van der Waals surface area contributed by atoms with Crippen LogP contribution in [0.2, 0.25) is 5.02 Å². The zero-order valence-corrected chi connectivity index (χ0v) is 15.6. The van der Waals surface area contributed by atoms with Gasteiger partial charge in [-0.05, 0) is 31.0 Å². The molecule has 8 nitrogen and oxygen atoms in total. The summed E-state index contributed by atoms with van der Waals surface area (Å²) in [4.78, 5) is 24.0. The van der Waals surface area contributed by atoms with Crippen molar-refractivity contribution in [2.45, 2.75) is 23.8 Å². The molecule has 0 atom stereocenters. The summed E-state index contributed by atoms with van der Waals surface area (Å²) in [6.45, 7) is 0.986. The molecule has 10 heteroatoms. The van der Waals surface area contributed by atoms with Crippen LogP contribution in [0.1, 0.15) is 23.2 Å². The number of carbonyl (C=O) groups excluding carboxylic acids is 2. The largest absolute Gasteiger partial charge is 0.379 e. The number of rotatable bonds is 6.